The van der Waals surface area contributed by atoms with Crippen LogP contribution in [0.4, 0.5) is 0 Å². The van der Waals surface area contributed by atoms with E-state index in [1.165, 1.54) is 37.9 Å². The number of halogens is 1. The first kappa shape index (κ1) is 18.6. The van der Waals surface area contributed by atoms with E-state index >= 15 is 0 Å². The first-order valence-electron chi connectivity index (χ1n) is 9.72. The van der Waals surface area contributed by atoms with Crippen molar-refractivity contribution in [1.29, 1.82) is 0 Å². The van der Waals surface area contributed by atoms with E-state index in [0.717, 1.165) is 43.9 Å². The van der Waals surface area contributed by atoms with Gasteiger partial charge >= 0.3 is 0 Å². The molecule has 1 saturated heterocycles. The van der Waals surface area contributed by atoms with Gasteiger partial charge in [0.15, 0.2) is 5.76 Å². The molecule has 2 aromatic rings. The maximum Gasteiger partial charge on any atom is 0.175 e. The zero-order valence-corrected chi connectivity index (χ0v) is 16.4. The fraction of sp³-hybridized carbons (Fsp3) is 0.550. The molecule has 4 rings (SSSR count). The summed E-state index contributed by atoms with van der Waals surface area (Å²) in [5.41, 5.74) is 2.45. The van der Waals surface area contributed by atoms with Gasteiger partial charge in [-0.05, 0) is 45.0 Å². The van der Waals surface area contributed by atoms with E-state index in [2.05, 4.69) is 21.9 Å². The highest BCUT2D eigenvalue weighted by Gasteiger charge is 2.31. The molecule has 1 aromatic carbocycles. The summed E-state index contributed by atoms with van der Waals surface area (Å²) < 4.78 is 5.58. The highest BCUT2D eigenvalue weighted by atomic mass is 35.5. The van der Waals surface area contributed by atoms with Gasteiger partial charge in [-0.2, -0.15) is 0 Å². The topological polar surface area (TPSA) is 73.0 Å². The molecular formula is C20H26ClN3O3. The highest BCUT2D eigenvalue weighted by molar-refractivity contribution is 6.32. The van der Waals surface area contributed by atoms with Crippen molar-refractivity contribution < 1.29 is 14.7 Å². The molecule has 1 aromatic heterocycles. The average molecular weight is 392 g/mol. The van der Waals surface area contributed by atoms with Gasteiger partial charge < -0.3 is 19.6 Å². The van der Waals surface area contributed by atoms with Gasteiger partial charge in [-0.25, -0.2) is 0 Å². The van der Waals surface area contributed by atoms with Crippen molar-refractivity contribution in [2.75, 3.05) is 26.2 Å². The fourth-order valence-electron chi connectivity index (χ4n) is 4.31. The molecule has 0 unspecified atom stereocenters. The van der Waals surface area contributed by atoms with Crippen LogP contribution in [0.15, 0.2) is 16.7 Å². The second-order valence-electron chi connectivity index (χ2n) is 7.55. The van der Waals surface area contributed by atoms with Crippen LogP contribution in [-0.4, -0.2) is 57.4 Å². The van der Waals surface area contributed by atoms with Crippen LogP contribution in [0.1, 0.15) is 37.4 Å². The molecule has 27 heavy (non-hydrogen) atoms. The first-order chi connectivity index (χ1) is 13.1. The molecule has 0 atom stereocenters. The molecule has 1 fully saturated rings. The minimum Gasteiger partial charge on any atom is -0.507 e. The van der Waals surface area contributed by atoms with Gasteiger partial charge in [-0.1, -0.05) is 23.7 Å². The third-order valence-corrected chi connectivity index (χ3v) is 6.09. The highest BCUT2D eigenvalue weighted by Crippen LogP contribution is 2.40. The summed E-state index contributed by atoms with van der Waals surface area (Å²) in [4.78, 5) is 5.07. The quantitative estimate of drug-likeness (QED) is 0.829. The number of phenolic OH excluding ortho intramolecular Hbond substituents is 2. The molecule has 0 saturated carbocycles. The lowest BCUT2D eigenvalue weighted by molar-refractivity contribution is 0.0981. The predicted molar refractivity (Wildman–Crippen MR) is 104 cm³/mol. The summed E-state index contributed by atoms with van der Waals surface area (Å²) in [7, 11) is 0. The van der Waals surface area contributed by atoms with Gasteiger partial charge in [0, 0.05) is 37.2 Å². The standard InChI is InChI=1S/C20H26ClN3O3/c1-2-6-23-7-3-13(4-8-23)24-9-5-17-15(12-24)20(27-22-17)14-10-16(21)19(26)11-18(14)25/h10-11,13,25-26H,2-9,12H2,1H3. The summed E-state index contributed by atoms with van der Waals surface area (Å²) in [6, 6.07) is 3.36. The number of hydrogen-bond acceptors (Lipinski definition) is 6. The summed E-state index contributed by atoms with van der Waals surface area (Å²) in [6.07, 6.45) is 4.43. The molecule has 146 valence electrons. The van der Waals surface area contributed by atoms with Crippen molar-refractivity contribution in [2.24, 2.45) is 0 Å². The maximum absolute atomic E-state index is 10.3. The van der Waals surface area contributed by atoms with Gasteiger partial charge in [0.05, 0.1) is 16.3 Å². The van der Waals surface area contributed by atoms with Gasteiger partial charge in [0.1, 0.15) is 11.5 Å². The molecule has 7 heteroatoms. The van der Waals surface area contributed by atoms with E-state index in [1.54, 1.807) is 0 Å². The van der Waals surface area contributed by atoms with Crippen molar-refractivity contribution in [3.8, 4) is 22.8 Å². The van der Waals surface area contributed by atoms with Crippen LogP contribution >= 0.6 is 11.6 Å². The fourth-order valence-corrected chi connectivity index (χ4v) is 4.48. The van der Waals surface area contributed by atoms with Crippen molar-refractivity contribution in [3.63, 3.8) is 0 Å². The van der Waals surface area contributed by atoms with Crippen LogP contribution in [0.25, 0.3) is 11.3 Å². The van der Waals surface area contributed by atoms with Gasteiger partial charge in [0.2, 0.25) is 0 Å². The first-order valence-corrected chi connectivity index (χ1v) is 10.1. The van der Waals surface area contributed by atoms with E-state index in [4.69, 9.17) is 16.1 Å². The third kappa shape index (κ3) is 3.66. The summed E-state index contributed by atoms with van der Waals surface area (Å²) >= 11 is 6.04. The minimum absolute atomic E-state index is 0.0548. The normalized spacial score (nSPS) is 19.3. The van der Waals surface area contributed by atoms with Crippen LogP contribution in [-0.2, 0) is 13.0 Å². The second-order valence-corrected chi connectivity index (χ2v) is 7.96. The number of aromatic nitrogens is 1. The van der Waals surface area contributed by atoms with Gasteiger partial charge in [-0.15, -0.1) is 0 Å². The number of benzene rings is 1. The van der Waals surface area contributed by atoms with E-state index < -0.39 is 0 Å². The van der Waals surface area contributed by atoms with Crippen molar-refractivity contribution >= 4 is 11.6 Å². The maximum atomic E-state index is 10.3. The third-order valence-electron chi connectivity index (χ3n) is 5.79. The lowest BCUT2D eigenvalue weighted by Gasteiger charge is -2.39. The molecule has 0 radical (unpaired) electrons. The number of aromatic hydroxyl groups is 2. The number of phenols is 2. The van der Waals surface area contributed by atoms with E-state index in [0.29, 0.717) is 17.4 Å². The Morgan fingerprint density at radius 2 is 1.96 bits per heavy atom. The van der Waals surface area contributed by atoms with Crippen molar-refractivity contribution in [2.45, 2.75) is 45.2 Å². The number of likely N-dealkylation sites (tertiary alicyclic amines) is 1. The van der Waals surface area contributed by atoms with Gasteiger partial charge in [0.25, 0.3) is 0 Å². The Labute approximate surface area is 164 Å². The number of nitrogens with zero attached hydrogens (tertiary/aromatic N) is 3. The number of rotatable bonds is 4. The molecule has 0 bridgehead atoms. The smallest absolute Gasteiger partial charge is 0.175 e. The second kappa shape index (κ2) is 7.70. The zero-order chi connectivity index (χ0) is 19.0. The largest absolute Gasteiger partial charge is 0.507 e. The molecule has 6 nitrogen and oxygen atoms in total. The Bertz CT molecular complexity index is 815. The number of hydrogen-bond donors (Lipinski definition) is 2. The predicted octanol–water partition coefficient (Wildman–Crippen LogP) is 3.64. The van der Waals surface area contributed by atoms with Gasteiger partial charge in [-0.3, -0.25) is 4.90 Å². The van der Waals surface area contributed by atoms with Crippen LogP contribution in [0, 0.1) is 0 Å². The van der Waals surface area contributed by atoms with E-state index in [9.17, 15) is 10.2 Å². The number of fused-ring (bicyclic) bond motifs is 1. The van der Waals surface area contributed by atoms with Crippen LogP contribution in [0.2, 0.25) is 5.02 Å². The Morgan fingerprint density at radius 3 is 2.70 bits per heavy atom. The van der Waals surface area contributed by atoms with E-state index in [-0.39, 0.29) is 16.5 Å². The molecule has 3 heterocycles. The molecule has 2 N–H and O–H groups in total. The lowest BCUT2D eigenvalue weighted by Crippen LogP contribution is -2.46. The number of piperidine rings is 1. The Morgan fingerprint density at radius 1 is 1.19 bits per heavy atom. The lowest BCUT2D eigenvalue weighted by atomic mass is 9.96. The Balaban J connectivity index is 1.54. The monoisotopic (exact) mass is 391 g/mol. The van der Waals surface area contributed by atoms with Crippen molar-refractivity contribution in [3.05, 3.63) is 28.4 Å². The Kier molecular flexibility index (Phi) is 5.30. The van der Waals surface area contributed by atoms with Crippen LogP contribution < -0.4 is 0 Å². The summed E-state index contributed by atoms with van der Waals surface area (Å²) in [6.45, 7) is 7.49. The van der Waals surface area contributed by atoms with E-state index in [1.807, 2.05) is 0 Å². The molecule has 0 amide bonds. The zero-order valence-electron chi connectivity index (χ0n) is 15.6. The molecule has 0 spiro atoms. The van der Waals surface area contributed by atoms with Crippen LogP contribution in [0.5, 0.6) is 11.5 Å². The Hall–Kier alpha value is -1.76. The van der Waals surface area contributed by atoms with Crippen molar-refractivity contribution in [1.82, 2.24) is 15.0 Å². The molecule has 2 aliphatic rings. The van der Waals surface area contributed by atoms with Crippen LogP contribution in [0.3, 0.4) is 0 Å². The molecule has 2 aliphatic heterocycles. The SMILES string of the molecule is CCCN1CCC(N2CCc3noc(-c4cc(Cl)c(O)cc4O)c3C2)CC1. The average Bonchev–Trinajstić information content (AvgIpc) is 3.08. The minimum atomic E-state index is -0.147. The summed E-state index contributed by atoms with van der Waals surface area (Å²) in [5.74, 6) is 0.352. The molecule has 0 aliphatic carbocycles. The molecular weight excluding hydrogens is 366 g/mol. The summed E-state index contributed by atoms with van der Waals surface area (Å²) in [5, 5.41) is 24.3.